The quantitative estimate of drug-likeness (QED) is 0.695. The lowest BCUT2D eigenvalue weighted by Crippen LogP contribution is -2.51. The smallest absolute Gasteiger partial charge is 0.335 e. The topological polar surface area (TPSA) is 84.0 Å². The van der Waals surface area contributed by atoms with Crippen LogP contribution in [0.25, 0.3) is 0 Å². The van der Waals surface area contributed by atoms with Crippen LogP contribution in [-0.2, 0) is 24.3 Å². The zero-order valence-corrected chi connectivity index (χ0v) is 17.5. The molecule has 9 heteroatoms. The van der Waals surface area contributed by atoms with Crippen molar-refractivity contribution in [2.75, 3.05) is 26.2 Å². The Labute approximate surface area is 169 Å². The van der Waals surface area contributed by atoms with E-state index in [9.17, 15) is 18.0 Å². The van der Waals surface area contributed by atoms with E-state index in [-0.39, 0.29) is 19.0 Å². The van der Waals surface area contributed by atoms with Crippen molar-refractivity contribution >= 4 is 33.2 Å². The number of hydrogen-bond acceptors (Lipinski definition) is 6. The summed E-state index contributed by atoms with van der Waals surface area (Å²) in [6.07, 6.45) is 3.64. The maximum Gasteiger partial charge on any atom is 0.335 e. The molecule has 0 aliphatic carbocycles. The van der Waals surface area contributed by atoms with Crippen LogP contribution in [0.15, 0.2) is 32.9 Å². The van der Waals surface area contributed by atoms with Crippen molar-refractivity contribution in [3.63, 3.8) is 0 Å². The van der Waals surface area contributed by atoms with Crippen LogP contribution >= 0.6 is 11.3 Å². The molecule has 7 nitrogen and oxygen atoms in total. The van der Waals surface area contributed by atoms with E-state index in [1.807, 2.05) is 0 Å². The lowest BCUT2D eigenvalue weighted by Gasteiger charge is -2.40. The molecule has 1 amide bonds. The van der Waals surface area contributed by atoms with Gasteiger partial charge in [-0.25, -0.2) is 13.2 Å². The number of carbonyl (C=O) groups is 2. The Bertz CT molecular complexity index is 906. The number of carbonyl (C=O) groups excluding carboxylic acids is 2. The number of thiophene rings is 1. The zero-order chi connectivity index (χ0) is 19.9. The number of piperidine rings is 2. The van der Waals surface area contributed by atoms with E-state index in [1.54, 1.807) is 29.3 Å². The van der Waals surface area contributed by atoms with Crippen molar-refractivity contribution in [3.8, 4) is 0 Å². The monoisotopic (exact) mass is 424 g/mol. The van der Waals surface area contributed by atoms with Gasteiger partial charge < -0.3 is 9.64 Å². The van der Waals surface area contributed by atoms with E-state index in [2.05, 4.69) is 0 Å². The van der Waals surface area contributed by atoms with Crippen LogP contribution in [0.4, 0.5) is 0 Å². The fraction of sp³-hybridized carbons (Fsp3) is 0.579. The summed E-state index contributed by atoms with van der Waals surface area (Å²) in [5, 5.41) is 1.73. The molecule has 152 valence electrons. The van der Waals surface area contributed by atoms with Crippen LogP contribution < -0.4 is 0 Å². The number of likely N-dealkylation sites (tertiary alicyclic amines) is 1. The van der Waals surface area contributed by atoms with Crippen LogP contribution in [0.1, 0.15) is 39.0 Å². The highest BCUT2D eigenvalue weighted by atomic mass is 32.2. The Hall–Kier alpha value is -1.71. The SMILES string of the molecule is CC1=C(C(=O)N2CCCCC2)C2(CCN(S(=O)(=O)c3cccs3)CC2)OC1=O. The van der Waals surface area contributed by atoms with E-state index in [4.69, 9.17) is 4.74 Å². The summed E-state index contributed by atoms with van der Waals surface area (Å²) in [5.41, 5.74) is -0.199. The minimum Gasteiger partial charge on any atom is -0.450 e. The zero-order valence-electron chi connectivity index (χ0n) is 15.8. The number of ether oxygens (including phenoxy) is 1. The third-order valence-corrected chi connectivity index (χ3v) is 9.17. The Morgan fingerprint density at radius 1 is 1.14 bits per heavy atom. The summed E-state index contributed by atoms with van der Waals surface area (Å²) in [6, 6.07) is 3.30. The second-order valence-corrected chi connectivity index (χ2v) is 10.7. The molecule has 0 radical (unpaired) electrons. The maximum absolute atomic E-state index is 13.2. The third-order valence-electron chi connectivity index (χ3n) is 5.90. The Kier molecular flexibility index (Phi) is 5.09. The molecule has 3 aliphatic rings. The molecule has 1 spiro atoms. The molecule has 2 fully saturated rings. The molecule has 4 heterocycles. The Morgan fingerprint density at radius 2 is 1.82 bits per heavy atom. The molecule has 1 aromatic rings. The predicted molar refractivity (Wildman–Crippen MR) is 104 cm³/mol. The fourth-order valence-electron chi connectivity index (χ4n) is 4.34. The minimum absolute atomic E-state index is 0.127. The lowest BCUT2D eigenvalue weighted by molar-refractivity contribution is -0.150. The second-order valence-electron chi connectivity index (χ2n) is 7.57. The van der Waals surface area contributed by atoms with E-state index in [0.717, 1.165) is 19.3 Å². The van der Waals surface area contributed by atoms with Gasteiger partial charge in [0.05, 0.1) is 5.57 Å². The van der Waals surface area contributed by atoms with Gasteiger partial charge in [-0.2, -0.15) is 4.31 Å². The maximum atomic E-state index is 13.2. The summed E-state index contributed by atoms with van der Waals surface area (Å²) in [7, 11) is -3.55. The Balaban J connectivity index is 1.56. The first-order valence-corrected chi connectivity index (χ1v) is 11.9. The summed E-state index contributed by atoms with van der Waals surface area (Å²) in [5.74, 6) is -0.590. The molecule has 2 saturated heterocycles. The summed E-state index contributed by atoms with van der Waals surface area (Å²) < 4.78 is 33.0. The van der Waals surface area contributed by atoms with Crippen molar-refractivity contribution in [3.05, 3.63) is 28.7 Å². The van der Waals surface area contributed by atoms with Gasteiger partial charge in [0.25, 0.3) is 15.9 Å². The summed E-state index contributed by atoms with van der Waals surface area (Å²) in [4.78, 5) is 27.3. The van der Waals surface area contributed by atoms with E-state index >= 15 is 0 Å². The van der Waals surface area contributed by atoms with E-state index in [1.165, 1.54) is 15.6 Å². The summed E-state index contributed by atoms with van der Waals surface area (Å²) >= 11 is 1.19. The molecular weight excluding hydrogens is 400 g/mol. The fourth-order valence-corrected chi connectivity index (χ4v) is 6.92. The molecule has 0 bridgehead atoms. The molecule has 0 aromatic carbocycles. The van der Waals surface area contributed by atoms with E-state index in [0.29, 0.717) is 41.3 Å². The minimum atomic E-state index is -3.55. The highest BCUT2D eigenvalue weighted by Gasteiger charge is 2.52. The van der Waals surface area contributed by atoms with Crippen molar-refractivity contribution in [1.29, 1.82) is 0 Å². The first-order chi connectivity index (χ1) is 13.3. The molecule has 1 aromatic heterocycles. The molecule has 0 N–H and O–H groups in total. The van der Waals surface area contributed by atoms with Crippen molar-refractivity contribution in [2.24, 2.45) is 0 Å². The first kappa shape index (κ1) is 19.6. The van der Waals surface area contributed by atoms with Gasteiger partial charge in [-0.05, 0) is 37.6 Å². The molecule has 3 aliphatic heterocycles. The van der Waals surface area contributed by atoms with Gasteiger partial charge in [0.1, 0.15) is 9.81 Å². The van der Waals surface area contributed by atoms with Crippen molar-refractivity contribution in [1.82, 2.24) is 9.21 Å². The van der Waals surface area contributed by atoms with Crippen LogP contribution in [0.3, 0.4) is 0 Å². The van der Waals surface area contributed by atoms with Crippen LogP contribution in [-0.4, -0.2) is 61.3 Å². The van der Waals surface area contributed by atoms with Crippen LogP contribution in [0.5, 0.6) is 0 Å². The lowest BCUT2D eigenvalue weighted by atomic mass is 9.83. The number of sulfonamides is 1. The van der Waals surface area contributed by atoms with Gasteiger partial charge in [0, 0.05) is 44.6 Å². The van der Waals surface area contributed by atoms with Gasteiger partial charge in [-0.1, -0.05) is 6.07 Å². The molecular formula is C19H24N2O5S2. The number of amides is 1. The number of hydrogen-bond donors (Lipinski definition) is 0. The molecule has 28 heavy (non-hydrogen) atoms. The van der Waals surface area contributed by atoms with Gasteiger partial charge >= 0.3 is 5.97 Å². The van der Waals surface area contributed by atoms with Gasteiger partial charge in [-0.15, -0.1) is 11.3 Å². The van der Waals surface area contributed by atoms with Crippen LogP contribution in [0.2, 0.25) is 0 Å². The summed E-state index contributed by atoms with van der Waals surface area (Å²) in [6.45, 7) is 3.47. The van der Waals surface area contributed by atoms with Gasteiger partial charge in [-0.3, -0.25) is 4.79 Å². The number of nitrogens with zero attached hydrogens (tertiary/aromatic N) is 2. The van der Waals surface area contributed by atoms with Crippen molar-refractivity contribution < 1.29 is 22.7 Å². The van der Waals surface area contributed by atoms with Crippen LogP contribution in [0, 0.1) is 0 Å². The van der Waals surface area contributed by atoms with E-state index < -0.39 is 21.6 Å². The first-order valence-electron chi connectivity index (χ1n) is 9.63. The highest BCUT2D eigenvalue weighted by Crippen LogP contribution is 2.43. The highest BCUT2D eigenvalue weighted by molar-refractivity contribution is 7.91. The second kappa shape index (κ2) is 7.27. The molecule has 4 rings (SSSR count). The van der Waals surface area contributed by atoms with Gasteiger partial charge in [0.15, 0.2) is 0 Å². The third kappa shape index (κ3) is 3.19. The molecule has 0 atom stereocenters. The average Bonchev–Trinajstić information content (AvgIpc) is 3.31. The van der Waals surface area contributed by atoms with Crippen molar-refractivity contribution in [2.45, 2.75) is 48.8 Å². The predicted octanol–water partition coefficient (Wildman–Crippen LogP) is 2.16. The number of esters is 1. The molecule has 0 saturated carbocycles. The number of rotatable bonds is 3. The normalized spacial score (nSPS) is 23.3. The Morgan fingerprint density at radius 3 is 2.43 bits per heavy atom. The largest absolute Gasteiger partial charge is 0.450 e. The standard InChI is InChI=1S/C19H24N2O5S2/c1-14-16(17(22)20-9-3-2-4-10-20)19(26-18(14)23)7-11-21(12-8-19)28(24,25)15-6-5-13-27-15/h5-6,13H,2-4,7-12H2,1H3. The average molecular weight is 425 g/mol. The van der Waals surface area contributed by atoms with Gasteiger partial charge in [0.2, 0.25) is 0 Å². The molecule has 0 unspecified atom stereocenters.